The van der Waals surface area contributed by atoms with E-state index in [-0.39, 0.29) is 0 Å². The van der Waals surface area contributed by atoms with E-state index in [9.17, 15) is 0 Å². The van der Waals surface area contributed by atoms with E-state index in [1.807, 2.05) is 13.0 Å². The zero-order chi connectivity index (χ0) is 10.7. The highest BCUT2D eigenvalue weighted by Crippen LogP contribution is 2.34. The minimum atomic E-state index is 0.295. The van der Waals surface area contributed by atoms with Crippen molar-refractivity contribution in [3.8, 4) is 5.75 Å². The van der Waals surface area contributed by atoms with Crippen LogP contribution in [0, 0.1) is 0 Å². The van der Waals surface area contributed by atoms with Crippen molar-refractivity contribution < 1.29 is 4.74 Å². The lowest BCUT2D eigenvalue weighted by molar-refractivity contribution is 0.201. The number of hydrogen-bond donors (Lipinski definition) is 1. The van der Waals surface area contributed by atoms with Crippen LogP contribution < -0.4 is 10.1 Å². The average Bonchev–Trinajstić information content (AvgIpc) is 2.29. The van der Waals surface area contributed by atoms with Crippen LogP contribution in [-0.4, -0.2) is 12.6 Å². The van der Waals surface area contributed by atoms with Crippen LogP contribution in [0.1, 0.15) is 25.8 Å². The zero-order valence-corrected chi connectivity index (χ0v) is 9.29. The summed E-state index contributed by atoms with van der Waals surface area (Å²) in [4.78, 5) is 0. The second kappa shape index (κ2) is 4.39. The van der Waals surface area contributed by atoms with Crippen LogP contribution in [0.15, 0.2) is 24.3 Å². The second-order valence-corrected chi connectivity index (χ2v) is 3.75. The molecule has 15 heavy (non-hydrogen) atoms. The van der Waals surface area contributed by atoms with Gasteiger partial charge in [-0.2, -0.15) is 0 Å². The molecule has 2 heteroatoms. The fourth-order valence-electron chi connectivity index (χ4n) is 1.80. The number of allylic oxidation sites excluding steroid dienone is 1. The molecule has 2 nitrogen and oxygen atoms in total. The zero-order valence-electron chi connectivity index (χ0n) is 9.29. The number of para-hydroxylation sites is 1. The number of benzene rings is 1. The Balaban J connectivity index is 2.36. The molecule has 0 amide bonds. The maximum atomic E-state index is 5.95. The monoisotopic (exact) mass is 203 g/mol. The quantitative estimate of drug-likeness (QED) is 0.796. The molecule has 1 aliphatic heterocycles. The molecule has 0 aromatic heterocycles. The van der Waals surface area contributed by atoms with Crippen molar-refractivity contribution in [2.24, 2.45) is 0 Å². The lowest BCUT2D eigenvalue weighted by atomic mass is 10.1. The predicted molar refractivity (Wildman–Crippen MR) is 64.3 cm³/mol. The summed E-state index contributed by atoms with van der Waals surface area (Å²) in [7, 11) is 0. The van der Waals surface area contributed by atoms with E-state index < -0.39 is 0 Å². The van der Waals surface area contributed by atoms with Gasteiger partial charge in [0.25, 0.3) is 0 Å². The molecule has 0 fully saturated rings. The number of ether oxygens (including phenoxy) is 1. The maximum absolute atomic E-state index is 5.95. The van der Waals surface area contributed by atoms with Crippen LogP contribution in [-0.2, 0) is 0 Å². The van der Waals surface area contributed by atoms with Crippen LogP contribution in [0.3, 0.4) is 0 Å². The normalized spacial score (nSPS) is 19.5. The molecule has 1 heterocycles. The smallest absolute Gasteiger partial charge is 0.150 e. The van der Waals surface area contributed by atoms with E-state index in [2.05, 4.69) is 36.5 Å². The predicted octanol–water partition coefficient (Wildman–Crippen LogP) is 3.30. The van der Waals surface area contributed by atoms with Gasteiger partial charge in [0.05, 0.1) is 12.2 Å². The van der Waals surface area contributed by atoms with Gasteiger partial charge in [0, 0.05) is 5.56 Å². The SMILES string of the molecule is CC=Cc1cccc2c1OC(CC)CN2. The Bertz CT molecular complexity index is 371. The third-order valence-electron chi connectivity index (χ3n) is 2.65. The molecule has 1 aliphatic rings. The van der Waals surface area contributed by atoms with E-state index in [1.165, 1.54) is 0 Å². The third kappa shape index (κ3) is 1.99. The lowest BCUT2D eigenvalue weighted by Gasteiger charge is -2.27. The fourth-order valence-corrected chi connectivity index (χ4v) is 1.80. The Morgan fingerprint density at radius 2 is 2.40 bits per heavy atom. The van der Waals surface area contributed by atoms with E-state index in [4.69, 9.17) is 4.74 Å². The van der Waals surface area contributed by atoms with Crippen molar-refractivity contribution in [1.29, 1.82) is 0 Å². The Kier molecular flexibility index (Phi) is 2.95. The lowest BCUT2D eigenvalue weighted by Crippen LogP contribution is -2.30. The summed E-state index contributed by atoms with van der Waals surface area (Å²) in [5.74, 6) is 0.994. The van der Waals surface area contributed by atoms with Crippen LogP contribution in [0.4, 0.5) is 5.69 Å². The first-order valence-electron chi connectivity index (χ1n) is 5.51. The van der Waals surface area contributed by atoms with Crippen molar-refractivity contribution in [2.45, 2.75) is 26.4 Å². The number of fused-ring (bicyclic) bond motifs is 1. The molecular formula is C13H17NO. The van der Waals surface area contributed by atoms with Crippen molar-refractivity contribution >= 4 is 11.8 Å². The van der Waals surface area contributed by atoms with Gasteiger partial charge in [-0.25, -0.2) is 0 Å². The summed E-state index contributed by atoms with van der Waals surface area (Å²) < 4.78 is 5.95. The van der Waals surface area contributed by atoms with E-state index in [1.54, 1.807) is 0 Å². The molecule has 1 aromatic carbocycles. The van der Waals surface area contributed by atoms with Gasteiger partial charge in [-0.15, -0.1) is 0 Å². The highest BCUT2D eigenvalue weighted by atomic mass is 16.5. The van der Waals surface area contributed by atoms with Gasteiger partial charge in [0.15, 0.2) is 0 Å². The molecule has 1 aromatic rings. The molecule has 1 atom stereocenters. The van der Waals surface area contributed by atoms with Crippen LogP contribution in [0.2, 0.25) is 0 Å². The van der Waals surface area contributed by atoms with Gasteiger partial charge in [-0.1, -0.05) is 31.2 Å². The molecule has 0 saturated carbocycles. The van der Waals surface area contributed by atoms with E-state index in [0.29, 0.717) is 6.10 Å². The fraction of sp³-hybridized carbons (Fsp3) is 0.385. The molecular weight excluding hydrogens is 186 g/mol. The standard InChI is InChI=1S/C13H17NO/c1-3-6-10-7-5-8-12-13(10)15-11(4-2)9-14-12/h3,5-8,11,14H,4,9H2,1-2H3. The maximum Gasteiger partial charge on any atom is 0.150 e. The number of nitrogens with one attached hydrogen (secondary N) is 1. The van der Waals surface area contributed by atoms with Crippen LogP contribution in [0.25, 0.3) is 6.08 Å². The summed E-state index contributed by atoms with van der Waals surface area (Å²) in [6.07, 6.45) is 5.45. The molecule has 1 N–H and O–H groups in total. The molecule has 0 aliphatic carbocycles. The van der Waals surface area contributed by atoms with Gasteiger partial charge < -0.3 is 10.1 Å². The van der Waals surface area contributed by atoms with Gasteiger partial charge in [-0.3, -0.25) is 0 Å². The van der Waals surface area contributed by atoms with Gasteiger partial charge in [0.2, 0.25) is 0 Å². The molecule has 1 unspecified atom stereocenters. The first-order chi connectivity index (χ1) is 7.35. The number of anilines is 1. The summed E-state index contributed by atoms with van der Waals surface area (Å²) in [6.45, 7) is 5.07. The van der Waals surface area contributed by atoms with Gasteiger partial charge >= 0.3 is 0 Å². The van der Waals surface area contributed by atoms with Crippen LogP contribution >= 0.6 is 0 Å². The topological polar surface area (TPSA) is 21.3 Å². The molecule has 0 spiro atoms. The van der Waals surface area contributed by atoms with Crippen molar-refractivity contribution in [2.75, 3.05) is 11.9 Å². The first-order valence-corrected chi connectivity index (χ1v) is 5.51. The molecule has 0 radical (unpaired) electrons. The van der Waals surface area contributed by atoms with Gasteiger partial charge in [-0.05, 0) is 19.4 Å². The average molecular weight is 203 g/mol. The first kappa shape index (κ1) is 10.1. The minimum absolute atomic E-state index is 0.295. The van der Waals surface area contributed by atoms with Gasteiger partial charge in [0.1, 0.15) is 11.9 Å². The Labute approximate surface area is 91.0 Å². The summed E-state index contributed by atoms with van der Waals surface area (Å²) in [5, 5.41) is 3.40. The summed E-state index contributed by atoms with van der Waals surface area (Å²) in [6, 6.07) is 6.20. The van der Waals surface area contributed by atoms with Crippen molar-refractivity contribution in [3.63, 3.8) is 0 Å². The number of rotatable bonds is 2. The number of hydrogen-bond acceptors (Lipinski definition) is 2. The molecule has 80 valence electrons. The Hall–Kier alpha value is -1.44. The summed E-state index contributed by atoms with van der Waals surface area (Å²) in [5.41, 5.74) is 2.26. The summed E-state index contributed by atoms with van der Waals surface area (Å²) >= 11 is 0. The highest BCUT2D eigenvalue weighted by Gasteiger charge is 2.19. The highest BCUT2D eigenvalue weighted by molar-refractivity contribution is 5.70. The van der Waals surface area contributed by atoms with E-state index >= 15 is 0 Å². The molecule has 0 saturated heterocycles. The Morgan fingerprint density at radius 1 is 1.53 bits per heavy atom. The van der Waals surface area contributed by atoms with Crippen LogP contribution in [0.5, 0.6) is 5.75 Å². The minimum Gasteiger partial charge on any atom is -0.486 e. The molecule has 2 rings (SSSR count). The Morgan fingerprint density at radius 3 is 3.13 bits per heavy atom. The molecule has 0 bridgehead atoms. The van der Waals surface area contributed by atoms with Crippen molar-refractivity contribution in [1.82, 2.24) is 0 Å². The van der Waals surface area contributed by atoms with Crippen molar-refractivity contribution in [3.05, 3.63) is 29.8 Å². The largest absolute Gasteiger partial charge is 0.486 e. The second-order valence-electron chi connectivity index (χ2n) is 3.75. The third-order valence-corrected chi connectivity index (χ3v) is 2.65. The van der Waals surface area contributed by atoms with E-state index in [0.717, 1.165) is 30.0 Å².